The third-order valence-electron chi connectivity index (χ3n) is 3.21. The molecule has 0 spiro atoms. The first-order chi connectivity index (χ1) is 10.8. The molecule has 5 heteroatoms. The third kappa shape index (κ3) is 2.94. The van der Waals surface area contributed by atoms with Crippen LogP contribution in [0, 0.1) is 5.82 Å². The first kappa shape index (κ1) is 14.2. The van der Waals surface area contributed by atoms with Gasteiger partial charge in [-0.1, -0.05) is 47.7 Å². The number of halogens is 1. The van der Waals surface area contributed by atoms with E-state index in [0.29, 0.717) is 17.1 Å². The molecule has 0 aliphatic rings. The Balaban J connectivity index is 2.03. The predicted molar refractivity (Wildman–Crippen MR) is 82.6 cm³/mol. The number of aromatic nitrogens is 3. The molecule has 0 unspecified atom stereocenters. The van der Waals surface area contributed by atoms with E-state index in [1.807, 2.05) is 42.5 Å². The fourth-order valence-corrected chi connectivity index (χ4v) is 2.14. The quantitative estimate of drug-likeness (QED) is 0.804. The normalized spacial score (nSPS) is 11.2. The second kappa shape index (κ2) is 6.32. The highest BCUT2D eigenvalue weighted by atomic mass is 19.1. The zero-order valence-electron chi connectivity index (χ0n) is 11.7. The van der Waals surface area contributed by atoms with Crippen molar-refractivity contribution in [1.82, 2.24) is 15.0 Å². The molecule has 1 heterocycles. The Hall–Kier alpha value is -2.79. The van der Waals surface area contributed by atoms with E-state index < -0.39 is 0 Å². The molecule has 22 heavy (non-hydrogen) atoms. The van der Waals surface area contributed by atoms with Gasteiger partial charge in [0.1, 0.15) is 11.5 Å². The zero-order valence-corrected chi connectivity index (χ0v) is 11.7. The Labute approximate surface area is 127 Å². The van der Waals surface area contributed by atoms with Crippen LogP contribution in [0.3, 0.4) is 0 Å². The summed E-state index contributed by atoms with van der Waals surface area (Å²) in [5, 5.41) is 17.3. The van der Waals surface area contributed by atoms with Crippen molar-refractivity contribution in [2.45, 2.75) is 6.61 Å². The Morgan fingerprint density at radius 1 is 1.05 bits per heavy atom. The van der Waals surface area contributed by atoms with Gasteiger partial charge in [-0.25, -0.2) is 9.07 Å². The minimum atomic E-state index is -0.350. The number of aliphatic hydroxyl groups is 1. The summed E-state index contributed by atoms with van der Waals surface area (Å²) in [5.74, 6) is -0.350. The highest BCUT2D eigenvalue weighted by molar-refractivity contribution is 5.69. The van der Waals surface area contributed by atoms with Gasteiger partial charge in [0.05, 0.1) is 18.0 Å². The van der Waals surface area contributed by atoms with Crippen LogP contribution in [0.25, 0.3) is 17.8 Å². The van der Waals surface area contributed by atoms with Crippen LogP contribution in [0.1, 0.15) is 17.0 Å². The first-order valence-corrected chi connectivity index (χ1v) is 6.82. The molecule has 1 aromatic heterocycles. The molecule has 0 atom stereocenters. The van der Waals surface area contributed by atoms with Gasteiger partial charge in [0.15, 0.2) is 0 Å². The van der Waals surface area contributed by atoms with Gasteiger partial charge in [-0.05, 0) is 29.8 Å². The average molecular weight is 295 g/mol. The standard InChI is InChI=1S/C17H14FN3O/c18-14-7-4-8-15(11-14)21-17(16(12-22)19-20-21)10-9-13-5-2-1-3-6-13/h1-11,22H,12H2/b10-9+. The first-order valence-electron chi connectivity index (χ1n) is 6.82. The maximum atomic E-state index is 13.4. The smallest absolute Gasteiger partial charge is 0.125 e. The summed E-state index contributed by atoms with van der Waals surface area (Å²) < 4.78 is 14.9. The van der Waals surface area contributed by atoms with E-state index in [1.165, 1.54) is 16.8 Å². The molecule has 4 nitrogen and oxygen atoms in total. The molecule has 0 amide bonds. The Kier molecular flexibility index (Phi) is 4.07. The molecule has 0 fully saturated rings. The highest BCUT2D eigenvalue weighted by Crippen LogP contribution is 2.17. The third-order valence-corrected chi connectivity index (χ3v) is 3.21. The van der Waals surface area contributed by atoms with Gasteiger partial charge < -0.3 is 5.11 Å². The number of nitrogens with zero attached hydrogens (tertiary/aromatic N) is 3. The number of hydrogen-bond acceptors (Lipinski definition) is 3. The summed E-state index contributed by atoms with van der Waals surface area (Å²) in [7, 11) is 0. The maximum absolute atomic E-state index is 13.4. The van der Waals surface area contributed by atoms with Crippen molar-refractivity contribution in [2.75, 3.05) is 0 Å². The van der Waals surface area contributed by atoms with Gasteiger partial charge in [-0.15, -0.1) is 5.10 Å². The van der Waals surface area contributed by atoms with Gasteiger partial charge in [0.2, 0.25) is 0 Å². The molecule has 3 rings (SSSR count). The molecule has 0 aliphatic heterocycles. The molecular formula is C17H14FN3O. The number of benzene rings is 2. The van der Waals surface area contributed by atoms with Crippen molar-refractivity contribution in [3.63, 3.8) is 0 Å². The lowest BCUT2D eigenvalue weighted by Crippen LogP contribution is -2.00. The summed E-state index contributed by atoms with van der Waals surface area (Å²) in [5.41, 5.74) is 2.63. The minimum Gasteiger partial charge on any atom is -0.390 e. The lowest BCUT2D eigenvalue weighted by atomic mass is 10.2. The summed E-state index contributed by atoms with van der Waals surface area (Å²) in [6.45, 7) is -0.232. The lowest BCUT2D eigenvalue weighted by Gasteiger charge is -2.04. The minimum absolute atomic E-state index is 0.232. The van der Waals surface area contributed by atoms with Crippen molar-refractivity contribution in [3.8, 4) is 5.69 Å². The Morgan fingerprint density at radius 2 is 1.86 bits per heavy atom. The van der Waals surface area contributed by atoms with E-state index in [4.69, 9.17) is 0 Å². The predicted octanol–water partition coefficient (Wildman–Crippen LogP) is 3.07. The van der Waals surface area contributed by atoms with Gasteiger partial charge in [-0.2, -0.15) is 0 Å². The SMILES string of the molecule is OCc1nnn(-c2cccc(F)c2)c1/C=C/c1ccccc1. The monoisotopic (exact) mass is 295 g/mol. The van der Waals surface area contributed by atoms with E-state index in [9.17, 15) is 9.50 Å². The topological polar surface area (TPSA) is 50.9 Å². The van der Waals surface area contributed by atoms with Crippen LogP contribution in [0.2, 0.25) is 0 Å². The number of rotatable bonds is 4. The van der Waals surface area contributed by atoms with Crippen LogP contribution in [-0.2, 0) is 6.61 Å². The lowest BCUT2D eigenvalue weighted by molar-refractivity contribution is 0.276. The van der Waals surface area contributed by atoms with Gasteiger partial charge in [0, 0.05) is 0 Å². The van der Waals surface area contributed by atoms with Crippen molar-refractivity contribution in [1.29, 1.82) is 0 Å². The van der Waals surface area contributed by atoms with Crippen LogP contribution in [0.5, 0.6) is 0 Å². The van der Waals surface area contributed by atoms with Crippen LogP contribution in [0.15, 0.2) is 54.6 Å². The summed E-state index contributed by atoms with van der Waals surface area (Å²) in [4.78, 5) is 0. The van der Waals surface area contributed by atoms with Gasteiger partial charge in [-0.3, -0.25) is 0 Å². The zero-order chi connectivity index (χ0) is 15.4. The second-order valence-electron chi connectivity index (χ2n) is 4.72. The highest BCUT2D eigenvalue weighted by Gasteiger charge is 2.11. The van der Waals surface area contributed by atoms with Crippen LogP contribution in [0.4, 0.5) is 4.39 Å². The number of aliphatic hydroxyl groups excluding tert-OH is 1. The molecule has 3 aromatic rings. The van der Waals surface area contributed by atoms with Gasteiger partial charge >= 0.3 is 0 Å². The Morgan fingerprint density at radius 3 is 2.59 bits per heavy atom. The molecule has 2 aromatic carbocycles. The average Bonchev–Trinajstić information content (AvgIpc) is 2.97. The van der Waals surface area contributed by atoms with Crippen molar-refractivity contribution in [3.05, 3.63) is 77.4 Å². The van der Waals surface area contributed by atoms with Crippen LogP contribution in [-0.4, -0.2) is 20.1 Å². The molecule has 0 radical (unpaired) electrons. The van der Waals surface area contributed by atoms with E-state index in [1.54, 1.807) is 12.1 Å². The molecule has 0 saturated heterocycles. The molecule has 1 N–H and O–H groups in total. The largest absolute Gasteiger partial charge is 0.390 e. The van der Waals surface area contributed by atoms with Crippen molar-refractivity contribution < 1.29 is 9.50 Å². The van der Waals surface area contributed by atoms with Gasteiger partial charge in [0.25, 0.3) is 0 Å². The van der Waals surface area contributed by atoms with Crippen molar-refractivity contribution >= 4 is 12.2 Å². The van der Waals surface area contributed by atoms with Crippen LogP contribution >= 0.6 is 0 Å². The summed E-state index contributed by atoms with van der Waals surface area (Å²) in [6, 6.07) is 15.8. The Bertz CT molecular complexity index is 797. The maximum Gasteiger partial charge on any atom is 0.125 e. The summed E-state index contributed by atoms with van der Waals surface area (Å²) in [6.07, 6.45) is 3.71. The molecular weight excluding hydrogens is 281 g/mol. The van der Waals surface area contributed by atoms with E-state index >= 15 is 0 Å². The number of hydrogen-bond donors (Lipinski definition) is 1. The fraction of sp³-hybridized carbons (Fsp3) is 0.0588. The molecule has 110 valence electrons. The molecule has 0 aliphatic carbocycles. The summed E-state index contributed by atoms with van der Waals surface area (Å²) >= 11 is 0. The van der Waals surface area contributed by atoms with E-state index in [2.05, 4.69) is 10.3 Å². The fourth-order valence-electron chi connectivity index (χ4n) is 2.14. The van der Waals surface area contributed by atoms with Crippen molar-refractivity contribution in [2.24, 2.45) is 0 Å². The van der Waals surface area contributed by atoms with Crippen LogP contribution < -0.4 is 0 Å². The van der Waals surface area contributed by atoms with E-state index in [0.717, 1.165) is 5.56 Å². The second-order valence-corrected chi connectivity index (χ2v) is 4.72. The molecule has 0 bridgehead atoms. The van der Waals surface area contributed by atoms with E-state index in [-0.39, 0.29) is 12.4 Å². The molecule has 0 saturated carbocycles.